The standard InChI is InChI=1S/C9H17NO2/c1-6(2)4-5-8-7(3)12-9(11)10-8/h6-8H,4-5H2,1-3H3,(H,10,11). The van der Waals surface area contributed by atoms with Crippen LogP contribution in [0, 0.1) is 5.92 Å². The minimum Gasteiger partial charge on any atom is -0.444 e. The van der Waals surface area contributed by atoms with E-state index >= 15 is 0 Å². The van der Waals surface area contributed by atoms with E-state index in [0.717, 1.165) is 12.8 Å². The number of hydrogen-bond acceptors (Lipinski definition) is 2. The lowest BCUT2D eigenvalue weighted by Gasteiger charge is -2.13. The van der Waals surface area contributed by atoms with Crippen molar-refractivity contribution in [3.8, 4) is 0 Å². The van der Waals surface area contributed by atoms with E-state index in [1.807, 2.05) is 6.92 Å². The van der Waals surface area contributed by atoms with Crippen LogP contribution >= 0.6 is 0 Å². The van der Waals surface area contributed by atoms with Gasteiger partial charge in [0.15, 0.2) is 0 Å². The topological polar surface area (TPSA) is 38.3 Å². The summed E-state index contributed by atoms with van der Waals surface area (Å²) >= 11 is 0. The third-order valence-corrected chi connectivity index (χ3v) is 2.22. The molecule has 0 aromatic rings. The molecule has 1 aliphatic heterocycles. The summed E-state index contributed by atoms with van der Waals surface area (Å²) in [6, 6.07) is 0.222. The third-order valence-electron chi connectivity index (χ3n) is 2.22. The number of carbonyl (C=O) groups excluding carboxylic acids is 1. The molecular weight excluding hydrogens is 154 g/mol. The van der Waals surface area contributed by atoms with Crippen molar-refractivity contribution < 1.29 is 9.53 Å². The lowest BCUT2D eigenvalue weighted by molar-refractivity contribution is 0.139. The van der Waals surface area contributed by atoms with Gasteiger partial charge in [-0.25, -0.2) is 4.79 Å². The minimum atomic E-state index is -0.267. The van der Waals surface area contributed by atoms with Gasteiger partial charge in [-0.05, 0) is 25.7 Å². The highest BCUT2D eigenvalue weighted by Crippen LogP contribution is 2.15. The summed E-state index contributed by atoms with van der Waals surface area (Å²) < 4.78 is 4.96. The molecule has 1 heterocycles. The first-order chi connectivity index (χ1) is 5.59. The van der Waals surface area contributed by atoms with E-state index in [-0.39, 0.29) is 18.2 Å². The molecule has 2 unspecified atom stereocenters. The van der Waals surface area contributed by atoms with E-state index in [1.54, 1.807) is 0 Å². The fourth-order valence-electron chi connectivity index (χ4n) is 1.37. The monoisotopic (exact) mass is 171 g/mol. The Bertz CT molecular complexity index is 168. The zero-order chi connectivity index (χ0) is 9.14. The number of carbonyl (C=O) groups is 1. The second-order valence-corrected chi connectivity index (χ2v) is 3.83. The molecule has 0 saturated carbocycles. The molecule has 0 bridgehead atoms. The molecule has 1 amide bonds. The highest BCUT2D eigenvalue weighted by Gasteiger charge is 2.29. The molecule has 2 atom stereocenters. The van der Waals surface area contributed by atoms with Gasteiger partial charge in [-0.15, -0.1) is 0 Å². The third kappa shape index (κ3) is 2.40. The summed E-state index contributed by atoms with van der Waals surface area (Å²) in [5.41, 5.74) is 0. The molecule has 3 heteroatoms. The van der Waals surface area contributed by atoms with Crippen LogP contribution in [0.2, 0.25) is 0 Å². The molecule has 1 N–H and O–H groups in total. The number of hydrogen-bond donors (Lipinski definition) is 1. The number of ether oxygens (including phenoxy) is 1. The van der Waals surface area contributed by atoms with Gasteiger partial charge < -0.3 is 10.1 Å². The van der Waals surface area contributed by atoms with Crippen LogP contribution in [0.3, 0.4) is 0 Å². The van der Waals surface area contributed by atoms with Crippen molar-refractivity contribution >= 4 is 6.09 Å². The molecule has 3 nitrogen and oxygen atoms in total. The van der Waals surface area contributed by atoms with Crippen LogP contribution in [-0.4, -0.2) is 18.2 Å². The number of nitrogens with one attached hydrogen (secondary N) is 1. The van der Waals surface area contributed by atoms with Crippen molar-refractivity contribution in [2.75, 3.05) is 0 Å². The summed E-state index contributed by atoms with van der Waals surface area (Å²) in [6.07, 6.45) is 1.93. The number of rotatable bonds is 3. The predicted octanol–water partition coefficient (Wildman–Crippen LogP) is 1.92. The van der Waals surface area contributed by atoms with Gasteiger partial charge in [0, 0.05) is 0 Å². The zero-order valence-electron chi connectivity index (χ0n) is 7.96. The van der Waals surface area contributed by atoms with Gasteiger partial charge in [0.25, 0.3) is 0 Å². The number of cyclic esters (lactones) is 1. The van der Waals surface area contributed by atoms with Crippen molar-refractivity contribution in [3.63, 3.8) is 0 Å². The summed E-state index contributed by atoms with van der Waals surface area (Å²) in [4.78, 5) is 10.8. The van der Waals surface area contributed by atoms with E-state index in [0.29, 0.717) is 5.92 Å². The van der Waals surface area contributed by atoms with Crippen molar-refractivity contribution in [2.24, 2.45) is 5.92 Å². The van der Waals surface area contributed by atoms with Crippen LogP contribution in [0.5, 0.6) is 0 Å². The molecule has 0 aromatic heterocycles. The molecule has 70 valence electrons. The Kier molecular flexibility index (Phi) is 2.95. The number of amides is 1. The van der Waals surface area contributed by atoms with E-state index in [2.05, 4.69) is 19.2 Å². The maximum Gasteiger partial charge on any atom is 0.407 e. The van der Waals surface area contributed by atoms with Gasteiger partial charge in [0.2, 0.25) is 0 Å². The van der Waals surface area contributed by atoms with Gasteiger partial charge in [0.05, 0.1) is 6.04 Å². The Hall–Kier alpha value is -0.730. The maximum absolute atomic E-state index is 10.8. The van der Waals surface area contributed by atoms with Crippen molar-refractivity contribution in [3.05, 3.63) is 0 Å². The molecule has 0 spiro atoms. The highest BCUT2D eigenvalue weighted by molar-refractivity contribution is 5.70. The van der Waals surface area contributed by atoms with Crippen LogP contribution < -0.4 is 5.32 Å². The first kappa shape index (κ1) is 9.36. The largest absolute Gasteiger partial charge is 0.444 e. The first-order valence-electron chi connectivity index (χ1n) is 4.56. The minimum absolute atomic E-state index is 0.0382. The van der Waals surface area contributed by atoms with E-state index in [1.165, 1.54) is 0 Å². The van der Waals surface area contributed by atoms with E-state index < -0.39 is 0 Å². The Morgan fingerprint density at radius 3 is 2.67 bits per heavy atom. The van der Waals surface area contributed by atoms with Gasteiger partial charge in [-0.3, -0.25) is 0 Å². The molecule has 0 aromatic carbocycles. The average molecular weight is 171 g/mol. The fraction of sp³-hybridized carbons (Fsp3) is 0.889. The second-order valence-electron chi connectivity index (χ2n) is 3.83. The maximum atomic E-state index is 10.8. The average Bonchev–Trinajstić information content (AvgIpc) is 2.26. The van der Waals surface area contributed by atoms with Crippen LogP contribution in [-0.2, 0) is 4.74 Å². The van der Waals surface area contributed by atoms with Crippen LogP contribution in [0.1, 0.15) is 33.6 Å². The van der Waals surface area contributed by atoms with E-state index in [4.69, 9.17) is 4.74 Å². The van der Waals surface area contributed by atoms with Gasteiger partial charge in [-0.1, -0.05) is 13.8 Å². The first-order valence-corrected chi connectivity index (χ1v) is 4.56. The summed E-state index contributed by atoms with van der Waals surface area (Å²) in [7, 11) is 0. The molecular formula is C9H17NO2. The smallest absolute Gasteiger partial charge is 0.407 e. The van der Waals surface area contributed by atoms with E-state index in [9.17, 15) is 4.79 Å². The SMILES string of the molecule is CC(C)CCC1NC(=O)OC1C. The Morgan fingerprint density at radius 2 is 2.25 bits per heavy atom. The van der Waals surface area contributed by atoms with Crippen molar-refractivity contribution in [2.45, 2.75) is 45.8 Å². The molecule has 1 saturated heterocycles. The van der Waals surface area contributed by atoms with Crippen LogP contribution in [0.15, 0.2) is 0 Å². The molecule has 12 heavy (non-hydrogen) atoms. The normalized spacial score (nSPS) is 28.8. The predicted molar refractivity (Wildman–Crippen MR) is 46.9 cm³/mol. The van der Waals surface area contributed by atoms with Crippen molar-refractivity contribution in [1.29, 1.82) is 0 Å². The van der Waals surface area contributed by atoms with Crippen LogP contribution in [0.25, 0.3) is 0 Å². The quantitative estimate of drug-likeness (QED) is 0.704. The lowest BCUT2D eigenvalue weighted by atomic mass is 10.0. The fourth-order valence-corrected chi connectivity index (χ4v) is 1.37. The summed E-state index contributed by atoms with van der Waals surface area (Å²) in [6.45, 7) is 6.30. The second kappa shape index (κ2) is 3.78. The van der Waals surface area contributed by atoms with Gasteiger partial charge >= 0.3 is 6.09 Å². The number of alkyl carbamates (subject to hydrolysis) is 1. The molecule has 1 aliphatic rings. The zero-order valence-corrected chi connectivity index (χ0v) is 7.96. The summed E-state index contributed by atoms with van der Waals surface area (Å²) in [5.74, 6) is 0.690. The molecule has 1 fully saturated rings. The Balaban J connectivity index is 2.28. The van der Waals surface area contributed by atoms with Gasteiger partial charge in [0.1, 0.15) is 6.10 Å². The molecule has 0 aliphatic carbocycles. The van der Waals surface area contributed by atoms with Crippen molar-refractivity contribution in [1.82, 2.24) is 5.32 Å². The molecule has 1 rings (SSSR count). The Labute approximate surface area is 73.5 Å². The molecule has 0 radical (unpaired) electrons. The highest BCUT2D eigenvalue weighted by atomic mass is 16.6. The summed E-state index contributed by atoms with van der Waals surface area (Å²) in [5, 5.41) is 2.80. The Morgan fingerprint density at radius 1 is 1.58 bits per heavy atom. The van der Waals surface area contributed by atoms with Gasteiger partial charge in [-0.2, -0.15) is 0 Å². The van der Waals surface area contributed by atoms with Crippen LogP contribution in [0.4, 0.5) is 4.79 Å². The lowest BCUT2D eigenvalue weighted by Crippen LogP contribution is -2.30.